The second kappa shape index (κ2) is 6.11. The molecule has 0 amide bonds. The van der Waals surface area contributed by atoms with E-state index in [4.69, 9.17) is 10.6 Å². The Labute approximate surface area is 131 Å². The Morgan fingerprint density at radius 3 is 2.76 bits per heavy atom. The van der Waals surface area contributed by atoms with Crippen molar-refractivity contribution in [2.45, 2.75) is 6.61 Å². The van der Waals surface area contributed by atoms with Gasteiger partial charge in [-0.05, 0) is 41.1 Å². The van der Waals surface area contributed by atoms with Crippen molar-refractivity contribution in [3.63, 3.8) is 0 Å². The highest BCUT2D eigenvalue weighted by atomic mass is 79.9. The van der Waals surface area contributed by atoms with Crippen molar-refractivity contribution < 1.29 is 4.74 Å². The van der Waals surface area contributed by atoms with Crippen LogP contribution in [0.5, 0.6) is 5.75 Å². The third kappa shape index (κ3) is 3.15. The van der Waals surface area contributed by atoms with E-state index in [1.54, 1.807) is 6.20 Å². The Morgan fingerprint density at radius 2 is 1.90 bits per heavy atom. The first-order valence-electron chi connectivity index (χ1n) is 6.49. The molecule has 4 nitrogen and oxygen atoms in total. The van der Waals surface area contributed by atoms with E-state index in [2.05, 4.69) is 38.5 Å². The summed E-state index contributed by atoms with van der Waals surface area (Å²) in [5, 5.41) is 2.31. The number of nitrogens with two attached hydrogens (primary N) is 1. The molecule has 3 aromatic rings. The Balaban J connectivity index is 1.80. The van der Waals surface area contributed by atoms with Crippen LogP contribution in [-0.2, 0) is 6.61 Å². The second-order valence-electron chi connectivity index (χ2n) is 4.60. The quantitative estimate of drug-likeness (QED) is 0.557. The standard InChI is InChI=1S/C16H14BrN3O/c17-14-5-3-12-9-15(6-4-11(12)8-14)21-10-13-2-1-7-19-16(13)20-18/h1-9H,10,18H2,(H,19,20). The molecule has 1 aromatic heterocycles. The molecule has 0 aliphatic heterocycles. The number of aromatic nitrogens is 1. The minimum absolute atomic E-state index is 0.412. The van der Waals surface area contributed by atoms with Crippen molar-refractivity contribution in [3.8, 4) is 5.75 Å². The number of nitrogen functional groups attached to an aromatic ring is 1. The van der Waals surface area contributed by atoms with Gasteiger partial charge in [-0.15, -0.1) is 0 Å². The number of nitrogens with zero attached hydrogens (tertiary/aromatic N) is 1. The smallest absolute Gasteiger partial charge is 0.146 e. The lowest BCUT2D eigenvalue weighted by Crippen LogP contribution is -2.12. The Kier molecular flexibility index (Phi) is 4.03. The van der Waals surface area contributed by atoms with Gasteiger partial charge in [-0.25, -0.2) is 10.8 Å². The van der Waals surface area contributed by atoms with Crippen molar-refractivity contribution in [1.82, 2.24) is 4.98 Å². The molecule has 0 spiro atoms. The van der Waals surface area contributed by atoms with Gasteiger partial charge >= 0.3 is 0 Å². The van der Waals surface area contributed by atoms with Crippen LogP contribution in [0.25, 0.3) is 10.8 Å². The minimum atomic E-state index is 0.412. The zero-order valence-electron chi connectivity index (χ0n) is 11.2. The van der Waals surface area contributed by atoms with Gasteiger partial charge in [0.15, 0.2) is 0 Å². The van der Waals surface area contributed by atoms with Crippen LogP contribution in [-0.4, -0.2) is 4.98 Å². The third-order valence-electron chi connectivity index (χ3n) is 3.20. The van der Waals surface area contributed by atoms with E-state index in [0.29, 0.717) is 12.4 Å². The molecule has 106 valence electrons. The lowest BCUT2D eigenvalue weighted by molar-refractivity contribution is 0.307. The van der Waals surface area contributed by atoms with Crippen LogP contribution in [0.4, 0.5) is 5.82 Å². The summed E-state index contributed by atoms with van der Waals surface area (Å²) in [6.07, 6.45) is 1.69. The first-order valence-corrected chi connectivity index (χ1v) is 7.28. The first-order chi connectivity index (χ1) is 10.3. The SMILES string of the molecule is NNc1ncccc1COc1ccc2cc(Br)ccc2c1. The van der Waals surface area contributed by atoms with E-state index < -0.39 is 0 Å². The van der Waals surface area contributed by atoms with Gasteiger partial charge in [0, 0.05) is 16.2 Å². The molecule has 1 heterocycles. The maximum atomic E-state index is 5.83. The molecule has 0 fully saturated rings. The lowest BCUT2D eigenvalue weighted by Gasteiger charge is -2.10. The van der Waals surface area contributed by atoms with Gasteiger partial charge in [0.05, 0.1) is 0 Å². The molecule has 0 saturated heterocycles. The molecule has 0 unspecified atom stereocenters. The van der Waals surface area contributed by atoms with Gasteiger partial charge in [0.2, 0.25) is 0 Å². The molecule has 0 radical (unpaired) electrons. The molecule has 3 rings (SSSR count). The van der Waals surface area contributed by atoms with Crippen molar-refractivity contribution in [1.29, 1.82) is 0 Å². The summed E-state index contributed by atoms with van der Waals surface area (Å²) in [5.74, 6) is 6.88. The molecule has 3 N–H and O–H groups in total. The Bertz CT molecular complexity index is 776. The van der Waals surface area contributed by atoms with Crippen molar-refractivity contribution in [2.24, 2.45) is 5.84 Å². The normalized spacial score (nSPS) is 10.6. The summed E-state index contributed by atoms with van der Waals surface area (Å²) >= 11 is 3.47. The summed E-state index contributed by atoms with van der Waals surface area (Å²) in [6, 6.07) is 16.0. The maximum absolute atomic E-state index is 5.83. The predicted molar refractivity (Wildman–Crippen MR) is 88.0 cm³/mol. The predicted octanol–water partition coefficient (Wildman–Crippen LogP) is 3.86. The highest BCUT2D eigenvalue weighted by molar-refractivity contribution is 9.10. The molecule has 2 aromatic carbocycles. The fourth-order valence-corrected chi connectivity index (χ4v) is 2.51. The molecule has 5 heteroatoms. The summed E-state index contributed by atoms with van der Waals surface area (Å²) in [6.45, 7) is 0.412. The second-order valence-corrected chi connectivity index (χ2v) is 5.51. The van der Waals surface area contributed by atoms with Crippen LogP contribution in [0.15, 0.2) is 59.2 Å². The van der Waals surface area contributed by atoms with Crippen LogP contribution < -0.4 is 16.0 Å². The number of pyridine rings is 1. The number of fused-ring (bicyclic) bond motifs is 1. The number of nitrogens with one attached hydrogen (secondary N) is 1. The molecular formula is C16H14BrN3O. The minimum Gasteiger partial charge on any atom is -0.489 e. The van der Waals surface area contributed by atoms with E-state index in [9.17, 15) is 0 Å². The molecule has 0 atom stereocenters. The molecule has 0 saturated carbocycles. The Morgan fingerprint density at radius 1 is 1.10 bits per heavy atom. The zero-order chi connectivity index (χ0) is 14.7. The number of hydrogen-bond acceptors (Lipinski definition) is 4. The fourth-order valence-electron chi connectivity index (χ4n) is 2.13. The highest BCUT2D eigenvalue weighted by Crippen LogP contribution is 2.25. The number of rotatable bonds is 4. The number of hydrogen-bond donors (Lipinski definition) is 2. The topological polar surface area (TPSA) is 60.2 Å². The van der Waals surface area contributed by atoms with Crippen LogP contribution >= 0.6 is 15.9 Å². The van der Waals surface area contributed by atoms with Crippen LogP contribution in [0, 0.1) is 0 Å². The van der Waals surface area contributed by atoms with E-state index in [-0.39, 0.29) is 0 Å². The van der Waals surface area contributed by atoms with E-state index >= 15 is 0 Å². The summed E-state index contributed by atoms with van der Waals surface area (Å²) in [5.41, 5.74) is 3.48. The number of halogens is 1. The fraction of sp³-hybridized carbons (Fsp3) is 0.0625. The molecule has 0 bridgehead atoms. The first kappa shape index (κ1) is 13.9. The molecule has 0 aliphatic rings. The molecule has 0 aliphatic carbocycles. The van der Waals surface area contributed by atoms with E-state index in [1.807, 2.05) is 36.4 Å². The number of anilines is 1. The van der Waals surface area contributed by atoms with Gasteiger partial charge in [0.1, 0.15) is 18.2 Å². The largest absolute Gasteiger partial charge is 0.489 e. The van der Waals surface area contributed by atoms with Crippen LogP contribution in [0.3, 0.4) is 0 Å². The molecular weight excluding hydrogens is 330 g/mol. The van der Waals surface area contributed by atoms with Crippen LogP contribution in [0.2, 0.25) is 0 Å². The zero-order valence-corrected chi connectivity index (χ0v) is 12.8. The highest BCUT2D eigenvalue weighted by Gasteiger charge is 2.03. The molecule has 21 heavy (non-hydrogen) atoms. The van der Waals surface area contributed by atoms with Gasteiger partial charge < -0.3 is 10.2 Å². The van der Waals surface area contributed by atoms with Crippen LogP contribution in [0.1, 0.15) is 5.56 Å². The summed E-state index contributed by atoms with van der Waals surface area (Å²) < 4.78 is 6.89. The Hall–Kier alpha value is -2.11. The summed E-state index contributed by atoms with van der Waals surface area (Å²) in [7, 11) is 0. The summed E-state index contributed by atoms with van der Waals surface area (Å²) in [4.78, 5) is 4.15. The third-order valence-corrected chi connectivity index (χ3v) is 3.69. The van der Waals surface area contributed by atoms with E-state index in [0.717, 1.165) is 21.2 Å². The van der Waals surface area contributed by atoms with Crippen molar-refractivity contribution in [2.75, 3.05) is 5.43 Å². The van der Waals surface area contributed by atoms with Gasteiger partial charge in [-0.2, -0.15) is 0 Å². The lowest BCUT2D eigenvalue weighted by atomic mass is 10.1. The number of benzene rings is 2. The average Bonchev–Trinajstić information content (AvgIpc) is 2.53. The monoisotopic (exact) mass is 343 g/mol. The average molecular weight is 344 g/mol. The van der Waals surface area contributed by atoms with E-state index in [1.165, 1.54) is 5.39 Å². The van der Waals surface area contributed by atoms with Gasteiger partial charge in [-0.1, -0.05) is 34.1 Å². The van der Waals surface area contributed by atoms with Gasteiger partial charge in [0.25, 0.3) is 0 Å². The number of hydrazine groups is 1. The maximum Gasteiger partial charge on any atom is 0.146 e. The van der Waals surface area contributed by atoms with Gasteiger partial charge in [-0.3, -0.25) is 0 Å². The number of ether oxygens (including phenoxy) is 1. The van der Waals surface area contributed by atoms with Crippen molar-refractivity contribution in [3.05, 3.63) is 64.8 Å². The van der Waals surface area contributed by atoms with Crippen molar-refractivity contribution >= 4 is 32.5 Å².